The minimum Gasteiger partial charge on any atom is -0.348 e. The summed E-state index contributed by atoms with van der Waals surface area (Å²) < 4.78 is 37.2. The van der Waals surface area contributed by atoms with Crippen molar-refractivity contribution in [3.8, 4) is 0 Å². The van der Waals surface area contributed by atoms with Crippen molar-refractivity contribution < 1.29 is 18.0 Å². The highest BCUT2D eigenvalue weighted by molar-refractivity contribution is 6.30. The fraction of sp³-hybridized carbons (Fsp3) is 0.133. The quantitative estimate of drug-likeness (QED) is 0.900. The van der Waals surface area contributed by atoms with Gasteiger partial charge in [0.25, 0.3) is 5.91 Å². The third-order valence-electron chi connectivity index (χ3n) is 2.84. The Morgan fingerprint density at radius 3 is 2.10 bits per heavy atom. The van der Waals surface area contributed by atoms with Gasteiger partial charge in [-0.2, -0.15) is 13.2 Å². The Hall–Kier alpha value is -2.01. The van der Waals surface area contributed by atoms with Gasteiger partial charge in [-0.25, -0.2) is 0 Å². The van der Waals surface area contributed by atoms with Gasteiger partial charge in [-0.3, -0.25) is 4.79 Å². The number of rotatable bonds is 3. The van der Waals surface area contributed by atoms with E-state index in [1.54, 1.807) is 24.3 Å². The molecule has 21 heavy (non-hydrogen) atoms. The lowest BCUT2D eigenvalue weighted by atomic mass is 10.1. The van der Waals surface area contributed by atoms with Gasteiger partial charge >= 0.3 is 6.18 Å². The monoisotopic (exact) mass is 313 g/mol. The molecule has 0 saturated heterocycles. The van der Waals surface area contributed by atoms with Crippen LogP contribution < -0.4 is 5.32 Å². The first-order valence-electron chi connectivity index (χ1n) is 6.06. The van der Waals surface area contributed by atoms with Gasteiger partial charge in [0.05, 0.1) is 5.56 Å². The van der Waals surface area contributed by atoms with E-state index >= 15 is 0 Å². The zero-order valence-electron chi connectivity index (χ0n) is 10.7. The summed E-state index contributed by atoms with van der Waals surface area (Å²) in [6.07, 6.45) is -4.40. The second-order valence-corrected chi connectivity index (χ2v) is 4.82. The van der Waals surface area contributed by atoms with Crippen LogP contribution in [0.3, 0.4) is 0 Å². The minimum atomic E-state index is -4.40. The van der Waals surface area contributed by atoms with Crippen LogP contribution in [0.2, 0.25) is 5.02 Å². The Labute approximate surface area is 124 Å². The average Bonchev–Trinajstić information content (AvgIpc) is 2.45. The number of alkyl halides is 3. The lowest BCUT2D eigenvalue weighted by Gasteiger charge is -2.08. The predicted molar refractivity (Wildman–Crippen MR) is 74.1 cm³/mol. The van der Waals surface area contributed by atoms with Crippen LogP contribution in [0.5, 0.6) is 0 Å². The average molecular weight is 314 g/mol. The molecule has 6 heteroatoms. The summed E-state index contributed by atoms with van der Waals surface area (Å²) in [5.41, 5.74) is 0.244. The Kier molecular flexibility index (Phi) is 4.53. The molecule has 0 unspecified atom stereocenters. The van der Waals surface area contributed by atoms with Crippen molar-refractivity contribution in [2.24, 2.45) is 0 Å². The Morgan fingerprint density at radius 1 is 1.00 bits per heavy atom. The fourth-order valence-corrected chi connectivity index (χ4v) is 1.82. The molecule has 2 aromatic rings. The van der Waals surface area contributed by atoms with E-state index in [1.165, 1.54) is 0 Å². The molecule has 0 spiro atoms. The van der Waals surface area contributed by atoms with E-state index < -0.39 is 17.6 Å². The zero-order chi connectivity index (χ0) is 15.5. The highest BCUT2D eigenvalue weighted by atomic mass is 35.5. The number of hydrogen-bond acceptors (Lipinski definition) is 1. The summed E-state index contributed by atoms with van der Waals surface area (Å²) in [5.74, 6) is -0.432. The summed E-state index contributed by atoms with van der Waals surface area (Å²) in [7, 11) is 0. The van der Waals surface area contributed by atoms with Crippen LogP contribution in [0.1, 0.15) is 21.5 Å². The van der Waals surface area contributed by atoms with Crippen molar-refractivity contribution in [2.45, 2.75) is 12.7 Å². The van der Waals surface area contributed by atoms with E-state index in [2.05, 4.69) is 5.32 Å². The maximum Gasteiger partial charge on any atom is 0.416 e. The van der Waals surface area contributed by atoms with E-state index in [4.69, 9.17) is 11.6 Å². The Morgan fingerprint density at radius 2 is 1.57 bits per heavy atom. The largest absolute Gasteiger partial charge is 0.416 e. The van der Waals surface area contributed by atoms with Crippen LogP contribution >= 0.6 is 11.6 Å². The van der Waals surface area contributed by atoms with Crippen LogP contribution in [-0.2, 0) is 12.7 Å². The van der Waals surface area contributed by atoms with Crippen molar-refractivity contribution in [1.29, 1.82) is 0 Å². The lowest BCUT2D eigenvalue weighted by molar-refractivity contribution is -0.137. The molecule has 0 aliphatic carbocycles. The molecule has 2 nitrogen and oxygen atoms in total. The first-order valence-corrected chi connectivity index (χ1v) is 6.44. The molecule has 2 rings (SSSR count). The number of hydrogen-bond donors (Lipinski definition) is 1. The molecular weight excluding hydrogens is 303 g/mol. The van der Waals surface area contributed by atoms with Gasteiger partial charge in [0.2, 0.25) is 0 Å². The molecule has 0 saturated carbocycles. The third kappa shape index (κ3) is 4.23. The number of benzene rings is 2. The second-order valence-electron chi connectivity index (χ2n) is 4.38. The summed E-state index contributed by atoms with van der Waals surface area (Å²) in [6, 6.07) is 11.0. The van der Waals surface area contributed by atoms with Crippen LogP contribution in [0.15, 0.2) is 48.5 Å². The van der Waals surface area contributed by atoms with Crippen molar-refractivity contribution in [3.63, 3.8) is 0 Å². The maximum atomic E-state index is 12.4. The molecule has 0 radical (unpaired) electrons. The number of carbonyl (C=O) groups excluding carboxylic acids is 1. The first-order chi connectivity index (χ1) is 9.86. The van der Waals surface area contributed by atoms with Crippen LogP contribution in [-0.4, -0.2) is 5.91 Å². The SMILES string of the molecule is O=C(NCc1ccc(Cl)cc1)c1ccc(C(F)(F)F)cc1. The van der Waals surface area contributed by atoms with Gasteiger partial charge in [-0.05, 0) is 42.0 Å². The molecule has 0 atom stereocenters. The highest BCUT2D eigenvalue weighted by Gasteiger charge is 2.30. The van der Waals surface area contributed by atoms with Gasteiger partial charge in [-0.15, -0.1) is 0 Å². The van der Waals surface area contributed by atoms with E-state index in [0.717, 1.165) is 29.8 Å². The second kappa shape index (κ2) is 6.18. The van der Waals surface area contributed by atoms with Gasteiger partial charge in [0, 0.05) is 17.1 Å². The standard InChI is InChI=1S/C15H11ClF3NO/c16-13-7-1-10(2-8-13)9-20-14(21)11-3-5-12(6-4-11)15(17,18)19/h1-8H,9H2,(H,20,21). The normalized spacial score (nSPS) is 11.2. The summed E-state index contributed by atoms with van der Waals surface area (Å²) in [4.78, 5) is 11.8. The van der Waals surface area contributed by atoms with Crippen molar-refractivity contribution in [1.82, 2.24) is 5.32 Å². The number of amides is 1. The molecule has 1 N–H and O–H groups in total. The molecule has 0 aromatic heterocycles. The molecular formula is C15H11ClF3NO. The molecule has 0 bridgehead atoms. The molecule has 0 heterocycles. The lowest BCUT2D eigenvalue weighted by Crippen LogP contribution is -2.22. The third-order valence-corrected chi connectivity index (χ3v) is 3.09. The fourth-order valence-electron chi connectivity index (χ4n) is 1.70. The van der Waals surface area contributed by atoms with Crippen molar-refractivity contribution in [3.05, 3.63) is 70.2 Å². The Bertz CT molecular complexity index is 621. The first kappa shape index (κ1) is 15.4. The molecule has 2 aromatic carbocycles. The smallest absolute Gasteiger partial charge is 0.348 e. The van der Waals surface area contributed by atoms with Crippen molar-refractivity contribution in [2.75, 3.05) is 0 Å². The Balaban J connectivity index is 1.99. The van der Waals surface area contributed by atoms with Crippen LogP contribution in [0, 0.1) is 0 Å². The summed E-state index contributed by atoms with van der Waals surface area (Å²) in [5, 5.41) is 3.22. The molecule has 110 valence electrons. The molecule has 0 fully saturated rings. The summed E-state index contributed by atoms with van der Waals surface area (Å²) >= 11 is 5.74. The zero-order valence-corrected chi connectivity index (χ0v) is 11.5. The topological polar surface area (TPSA) is 29.1 Å². The molecule has 0 aliphatic heterocycles. The van der Waals surface area contributed by atoms with E-state index in [1.807, 2.05) is 0 Å². The number of halogens is 4. The van der Waals surface area contributed by atoms with E-state index in [9.17, 15) is 18.0 Å². The van der Waals surface area contributed by atoms with Gasteiger partial charge in [0.15, 0.2) is 0 Å². The van der Waals surface area contributed by atoms with E-state index in [-0.39, 0.29) is 12.1 Å². The van der Waals surface area contributed by atoms with Crippen LogP contribution in [0.4, 0.5) is 13.2 Å². The minimum absolute atomic E-state index is 0.178. The summed E-state index contributed by atoms with van der Waals surface area (Å²) in [6.45, 7) is 0.275. The predicted octanol–water partition coefficient (Wildman–Crippen LogP) is 4.29. The highest BCUT2D eigenvalue weighted by Crippen LogP contribution is 2.29. The van der Waals surface area contributed by atoms with Gasteiger partial charge in [0.1, 0.15) is 0 Å². The maximum absolute atomic E-state index is 12.4. The van der Waals surface area contributed by atoms with E-state index in [0.29, 0.717) is 5.02 Å². The number of nitrogens with one attached hydrogen (secondary N) is 1. The van der Waals surface area contributed by atoms with Crippen molar-refractivity contribution >= 4 is 17.5 Å². The molecule has 0 aliphatic rings. The van der Waals surface area contributed by atoms with Gasteiger partial charge < -0.3 is 5.32 Å². The molecule has 1 amide bonds. The van der Waals surface area contributed by atoms with Gasteiger partial charge in [-0.1, -0.05) is 23.7 Å². The number of carbonyl (C=O) groups is 1. The van der Waals surface area contributed by atoms with Crippen LogP contribution in [0.25, 0.3) is 0 Å².